The Morgan fingerprint density at radius 2 is 2.00 bits per heavy atom. The molecular weight excluding hydrogens is 252 g/mol. The number of amides is 1. The third kappa shape index (κ3) is 2.81. The van der Waals surface area contributed by atoms with Crippen LogP contribution in [0.5, 0.6) is 5.75 Å². The number of anilines is 1. The Kier molecular flexibility index (Phi) is 4.05. The van der Waals surface area contributed by atoms with Crippen LogP contribution in [0.2, 0.25) is 0 Å². The van der Waals surface area contributed by atoms with Gasteiger partial charge in [-0.3, -0.25) is 4.79 Å². The number of rotatable bonds is 3. The molecule has 0 saturated heterocycles. The van der Waals surface area contributed by atoms with Gasteiger partial charge >= 0.3 is 0 Å². The van der Waals surface area contributed by atoms with Gasteiger partial charge in [-0.15, -0.1) is 0 Å². The molecule has 3 N–H and O–H groups in total. The number of hydrogen-bond acceptors (Lipinski definition) is 3. The molecule has 0 radical (unpaired) electrons. The molecule has 0 aliphatic carbocycles. The van der Waals surface area contributed by atoms with Crippen molar-refractivity contribution in [3.63, 3.8) is 0 Å². The van der Waals surface area contributed by atoms with Crippen molar-refractivity contribution in [1.82, 2.24) is 0 Å². The second-order valence-electron chi connectivity index (χ2n) is 4.74. The number of aromatic hydroxyl groups is 1. The molecule has 0 aliphatic heterocycles. The van der Waals surface area contributed by atoms with Crippen LogP contribution in [0.1, 0.15) is 21.5 Å². The fourth-order valence-corrected chi connectivity index (χ4v) is 2.08. The van der Waals surface area contributed by atoms with Crippen LogP contribution in [0.4, 0.5) is 5.69 Å². The highest BCUT2D eigenvalue weighted by molar-refractivity contribution is 6.06. The first-order valence-corrected chi connectivity index (χ1v) is 6.39. The van der Waals surface area contributed by atoms with Crippen molar-refractivity contribution in [2.45, 2.75) is 13.5 Å². The largest absolute Gasteiger partial charge is 0.508 e. The van der Waals surface area contributed by atoms with Gasteiger partial charge < -0.3 is 15.7 Å². The quantitative estimate of drug-likeness (QED) is 0.900. The number of aryl methyl sites for hydroxylation is 1. The summed E-state index contributed by atoms with van der Waals surface area (Å²) in [6.07, 6.45) is 0. The van der Waals surface area contributed by atoms with E-state index in [1.807, 2.05) is 24.3 Å². The summed E-state index contributed by atoms with van der Waals surface area (Å²) in [5.41, 5.74) is 8.71. The molecule has 0 aromatic heterocycles. The van der Waals surface area contributed by atoms with Crippen LogP contribution >= 0.6 is 0 Å². The molecule has 2 rings (SSSR count). The summed E-state index contributed by atoms with van der Waals surface area (Å²) >= 11 is 0. The SMILES string of the molecule is Cc1cc(O)ccc1C(=O)N(C)c1cccc(CN)c1. The standard InChI is InChI=1S/C16H18N2O2/c1-11-8-14(19)6-7-15(11)16(20)18(2)13-5-3-4-12(9-13)10-17/h3-9,19H,10,17H2,1-2H3. The fraction of sp³-hybridized carbons (Fsp3) is 0.188. The van der Waals surface area contributed by atoms with Gasteiger partial charge in [-0.1, -0.05) is 12.1 Å². The van der Waals surface area contributed by atoms with Gasteiger partial charge in [0.25, 0.3) is 5.91 Å². The molecule has 0 unspecified atom stereocenters. The first kappa shape index (κ1) is 14.1. The van der Waals surface area contributed by atoms with Crippen molar-refractivity contribution in [1.29, 1.82) is 0 Å². The molecule has 2 aromatic carbocycles. The smallest absolute Gasteiger partial charge is 0.258 e. The van der Waals surface area contributed by atoms with E-state index in [1.165, 1.54) is 6.07 Å². The lowest BCUT2D eigenvalue weighted by Gasteiger charge is -2.19. The number of nitrogens with two attached hydrogens (primary N) is 1. The maximum absolute atomic E-state index is 12.5. The minimum atomic E-state index is -0.114. The lowest BCUT2D eigenvalue weighted by atomic mass is 10.1. The van der Waals surface area contributed by atoms with E-state index in [0.29, 0.717) is 12.1 Å². The Labute approximate surface area is 118 Å². The van der Waals surface area contributed by atoms with Crippen LogP contribution in [0.3, 0.4) is 0 Å². The first-order chi connectivity index (χ1) is 9.52. The van der Waals surface area contributed by atoms with Gasteiger partial charge in [-0.25, -0.2) is 0 Å². The minimum Gasteiger partial charge on any atom is -0.508 e. The number of phenols is 1. The summed E-state index contributed by atoms with van der Waals surface area (Å²) in [7, 11) is 1.73. The zero-order valence-corrected chi connectivity index (χ0v) is 11.6. The van der Waals surface area contributed by atoms with E-state index in [-0.39, 0.29) is 11.7 Å². The van der Waals surface area contributed by atoms with Crippen LogP contribution in [-0.2, 0) is 6.54 Å². The molecule has 4 heteroatoms. The van der Waals surface area contributed by atoms with E-state index < -0.39 is 0 Å². The molecular formula is C16H18N2O2. The van der Waals surface area contributed by atoms with Crippen LogP contribution in [-0.4, -0.2) is 18.1 Å². The van der Waals surface area contributed by atoms with E-state index in [1.54, 1.807) is 31.0 Å². The van der Waals surface area contributed by atoms with Crippen LogP contribution < -0.4 is 10.6 Å². The molecule has 0 aliphatic rings. The van der Waals surface area contributed by atoms with Gasteiger partial charge in [-0.2, -0.15) is 0 Å². The average molecular weight is 270 g/mol. The highest BCUT2D eigenvalue weighted by atomic mass is 16.3. The molecule has 0 saturated carbocycles. The second-order valence-corrected chi connectivity index (χ2v) is 4.74. The molecule has 0 atom stereocenters. The Morgan fingerprint density at radius 1 is 1.25 bits per heavy atom. The molecule has 0 heterocycles. The molecule has 0 bridgehead atoms. The zero-order valence-electron chi connectivity index (χ0n) is 11.6. The summed E-state index contributed by atoms with van der Waals surface area (Å²) in [4.78, 5) is 14.1. The van der Waals surface area contributed by atoms with E-state index in [4.69, 9.17) is 5.73 Å². The predicted octanol–water partition coefficient (Wildman–Crippen LogP) is 2.44. The topological polar surface area (TPSA) is 66.6 Å². The number of nitrogens with zero attached hydrogens (tertiary/aromatic N) is 1. The van der Waals surface area contributed by atoms with Gasteiger partial charge in [0.15, 0.2) is 0 Å². The van der Waals surface area contributed by atoms with Gasteiger partial charge in [0.1, 0.15) is 5.75 Å². The maximum atomic E-state index is 12.5. The summed E-state index contributed by atoms with van der Waals surface area (Å²) in [5.74, 6) is 0.0449. The third-order valence-electron chi connectivity index (χ3n) is 3.28. The number of phenolic OH excluding ortho intramolecular Hbond substituents is 1. The first-order valence-electron chi connectivity index (χ1n) is 6.39. The fourth-order valence-electron chi connectivity index (χ4n) is 2.08. The van der Waals surface area contributed by atoms with Gasteiger partial charge in [0, 0.05) is 24.8 Å². The Hall–Kier alpha value is -2.33. The summed E-state index contributed by atoms with van der Waals surface area (Å²) in [5, 5.41) is 9.40. The monoisotopic (exact) mass is 270 g/mol. The van der Waals surface area contributed by atoms with Crippen LogP contribution in [0.15, 0.2) is 42.5 Å². The summed E-state index contributed by atoms with van der Waals surface area (Å²) in [6, 6.07) is 12.3. The molecule has 1 amide bonds. The average Bonchev–Trinajstić information content (AvgIpc) is 2.46. The highest BCUT2D eigenvalue weighted by Crippen LogP contribution is 2.21. The molecule has 4 nitrogen and oxygen atoms in total. The lowest BCUT2D eigenvalue weighted by molar-refractivity contribution is 0.0992. The molecule has 104 valence electrons. The number of carbonyl (C=O) groups excluding carboxylic acids is 1. The Morgan fingerprint density at radius 3 is 2.65 bits per heavy atom. The molecule has 0 spiro atoms. The Bertz CT molecular complexity index is 638. The van der Waals surface area contributed by atoms with Crippen molar-refractivity contribution in [2.75, 3.05) is 11.9 Å². The maximum Gasteiger partial charge on any atom is 0.258 e. The zero-order chi connectivity index (χ0) is 14.7. The number of hydrogen-bond donors (Lipinski definition) is 2. The van der Waals surface area contributed by atoms with E-state index in [2.05, 4.69) is 0 Å². The van der Waals surface area contributed by atoms with Gasteiger partial charge in [0.05, 0.1) is 0 Å². The van der Waals surface area contributed by atoms with Crippen molar-refractivity contribution >= 4 is 11.6 Å². The van der Waals surface area contributed by atoms with Crippen molar-refractivity contribution in [2.24, 2.45) is 5.73 Å². The van der Waals surface area contributed by atoms with E-state index >= 15 is 0 Å². The van der Waals surface area contributed by atoms with Crippen molar-refractivity contribution in [3.8, 4) is 5.75 Å². The third-order valence-corrected chi connectivity index (χ3v) is 3.28. The van der Waals surface area contributed by atoms with Crippen molar-refractivity contribution in [3.05, 3.63) is 59.2 Å². The summed E-state index contributed by atoms with van der Waals surface area (Å²) in [6.45, 7) is 2.24. The van der Waals surface area contributed by atoms with Crippen LogP contribution in [0.25, 0.3) is 0 Å². The van der Waals surface area contributed by atoms with E-state index in [0.717, 1.165) is 16.8 Å². The van der Waals surface area contributed by atoms with Crippen molar-refractivity contribution < 1.29 is 9.90 Å². The lowest BCUT2D eigenvalue weighted by Crippen LogP contribution is -2.27. The summed E-state index contributed by atoms with van der Waals surface area (Å²) < 4.78 is 0. The predicted molar refractivity (Wildman–Crippen MR) is 79.9 cm³/mol. The van der Waals surface area contributed by atoms with Gasteiger partial charge in [0.2, 0.25) is 0 Å². The van der Waals surface area contributed by atoms with Gasteiger partial charge in [-0.05, 0) is 48.4 Å². The Balaban J connectivity index is 2.32. The minimum absolute atomic E-state index is 0.114. The molecule has 20 heavy (non-hydrogen) atoms. The van der Waals surface area contributed by atoms with Crippen LogP contribution in [0, 0.1) is 6.92 Å². The van der Waals surface area contributed by atoms with E-state index in [9.17, 15) is 9.90 Å². The highest BCUT2D eigenvalue weighted by Gasteiger charge is 2.16. The second kappa shape index (κ2) is 5.75. The normalized spacial score (nSPS) is 10.3. The number of carbonyl (C=O) groups is 1. The molecule has 0 fully saturated rings. The molecule has 2 aromatic rings. The number of benzene rings is 2.